The molecule has 2 nitrogen and oxygen atoms in total. The van der Waals surface area contributed by atoms with Crippen LogP contribution in [-0.2, 0) is 4.79 Å². The summed E-state index contributed by atoms with van der Waals surface area (Å²) in [7, 11) is 0. The molecule has 0 aromatic rings. The zero-order chi connectivity index (χ0) is 11.1. The van der Waals surface area contributed by atoms with Gasteiger partial charge in [0.25, 0.3) is 5.91 Å². The van der Waals surface area contributed by atoms with Crippen molar-refractivity contribution in [1.29, 1.82) is 0 Å². The van der Waals surface area contributed by atoms with Crippen molar-refractivity contribution in [2.75, 3.05) is 0 Å². The van der Waals surface area contributed by atoms with E-state index in [9.17, 15) is 4.79 Å². The molecule has 0 aliphatic heterocycles. The number of hydrogen-bond donors (Lipinski definition) is 1. The highest BCUT2D eigenvalue weighted by Gasteiger charge is 2.16. The van der Waals surface area contributed by atoms with E-state index in [2.05, 4.69) is 5.32 Å². The van der Waals surface area contributed by atoms with Gasteiger partial charge in [0.05, 0.1) is 0 Å². The van der Waals surface area contributed by atoms with Crippen molar-refractivity contribution in [2.45, 2.75) is 52.0 Å². The van der Waals surface area contributed by atoms with E-state index < -0.39 is 0 Å². The molecule has 1 saturated carbocycles. The predicted molar refractivity (Wildman–Crippen MR) is 63.6 cm³/mol. The van der Waals surface area contributed by atoms with Crippen LogP contribution in [0.25, 0.3) is 0 Å². The predicted octanol–water partition coefficient (Wildman–Crippen LogP) is 2.96. The molecule has 1 amide bonds. The van der Waals surface area contributed by atoms with Crippen molar-refractivity contribution in [3.8, 4) is 0 Å². The second kappa shape index (κ2) is 6.44. The summed E-state index contributed by atoms with van der Waals surface area (Å²) in [5, 5.41) is 3.10. The first-order chi connectivity index (χ1) is 7.27. The average Bonchev–Trinajstić information content (AvgIpc) is 2.27. The molecule has 0 unspecified atom stereocenters. The minimum atomic E-state index is 0.0718. The van der Waals surface area contributed by atoms with E-state index in [1.54, 1.807) is 0 Å². The van der Waals surface area contributed by atoms with Crippen molar-refractivity contribution in [3.63, 3.8) is 0 Å². The van der Waals surface area contributed by atoms with Crippen molar-refractivity contribution < 1.29 is 4.79 Å². The van der Waals surface area contributed by atoms with Gasteiger partial charge in [0.1, 0.15) is 0 Å². The molecule has 0 aromatic carbocycles. The van der Waals surface area contributed by atoms with E-state index in [0.717, 1.165) is 18.4 Å². The van der Waals surface area contributed by atoms with Crippen LogP contribution in [0.2, 0.25) is 0 Å². The third-order valence-electron chi connectivity index (χ3n) is 2.86. The summed E-state index contributed by atoms with van der Waals surface area (Å²) in [5.74, 6) is 0.0718. The van der Waals surface area contributed by atoms with Crippen LogP contribution in [0.3, 0.4) is 0 Å². The molecule has 0 saturated heterocycles. The van der Waals surface area contributed by atoms with E-state index >= 15 is 0 Å². The minimum Gasteiger partial charge on any atom is -0.349 e. The lowest BCUT2D eigenvalue weighted by Gasteiger charge is -2.22. The Hall–Kier alpha value is -1.05. The highest BCUT2D eigenvalue weighted by atomic mass is 16.1. The topological polar surface area (TPSA) is 29.1 Å². The number of carbonyl (C=O) groups excluding carboxylic acids is 1. The molecule has 0 bridgehead atoms. The lowest BCUT2D eigenvalue weighted by molar-refractivity contribution is -0.118. The Bertz CT molecular complexity index is 260. The maximum Gasteiger partial charge on any atom is 0.251 e. The summed E-state index contributed by atoms with van der Waals surface area (Å²) in [6.07, 6.45) is 11.7. The van der Waals surface area contributed by atoms with Gasteiger partial charge in [0, 0.05) is 11.6 Å². The van der Waals surface area contributed by atoms with Gasteiger partial charge in [-0.2, -0.15) is 0 Å². The van der Waals surface area contributed by atoms with Crippen LogP contribution in [-0.4, -0.2) is 11.9 Å². The number of rotatable bonds is 3. The summed E-state index contributed by atoms with van der Waals surface area (Å²) < 4.78 is 0. The van der Waals surface area contributed by atoms with Crippen LogP contribution in [0.1, 0.15) is 46.0 Å². The van der Waals surface area contributed by atoms with Gasteiger partial charge >= 0.3 is 0 Å². The number of amides is 1. The standard InChI is InChI=1S/C13H21NO/c1-3-8-11(4-2)13(15)14-12-9-6-5-7-10-12/h3-4,8,12H,5-7,9-10H2,1-2H3,(H,14,15)/b8-3-,11-4+. The minimum absolute atomic E-state index is 0.0718. The number of hydrogen-bond acceptors (Lipinski definition) is 1. The second-order valence-corrected chi connectivity index (χ2v) is 4.05. The van der Waals surface area contributed by atoms with Gasteiger partial charge in [-0.25, -0.2) is 0 Å². The number of nitrogens with one attached hydrogen (secondary N) is 1. The molecule has 1 aliphatic carbocycles. The highest BCUT2D eigenvalue weighted by Crippen LogP contribution is 2.17. The van der Waals surface area contributed by atoms with E-state index in [0.29, 0.717) is 6.04 Å². The van der Waals surface area contributed by atoms with Crippen molar-refractivity contribution in [1.82, 2.24) is 5.32 Å². The van der Waals surface area contributed by atoms with Gasteiger partial charge in [-0.3, -0.25) is 4.79 Å². The van der Waals surface area contributed by atoms with Gasteiger partial charge in [-0.1, -0.05) is 37.5 Å². The number of allylic oxidation sites excluding steroid dienone is 2. The first-order valence-electron chi connectivity index (χ1n) is 5.87. The van der Waals surface area contributed by atoms with E-state index in [1.807, 2.05) is 32.1 Å². The van der Waals surface area contributed by atoms with Crippen LogP contribution in [0.4, 0.5) is 0 Å². The molecule has 0 heterocycles. The van der Waals surface area contributed by atoms with E-state index in [4.69, 9.17) is 0 Å². The molecule has 1 rings (SSSR count). The quantitative estimate of drug-likeness (QED) is 0.559. The molecule has 2 heteroatoms. The molecule has 0 radical (unpaired) electrons. The normalized spacial score (nSPS) is 19.5. The SMILES string of the molecule is C/C=C\C(=C/C)C(=O)NC1CCCCC1. The van der Waals surface area contributed by atoms with Gasteiger partial charge < -0.3 is 5.32 Å². The van der Waals surface area contributed by atoms with Gasteiger partial charge in [-0.05, 0) is 26.7 Å². The summed E-state index contributed by atoms with van der Waals surface area (Å²) in [5.41, 5.74) is 0.767. The Balaban J connectivity index is 2.46. The largest absolute Gasteiger partial charge is 0.349 e. The van der Waals surface area contributed by atoms with Gasteiger partial charge in [0.2, 0.25) is 0 Å². The molecule has 1 fully saturated rings. The van der Waals surface area contributed by atoms with E-state index in [-0.39, 0.29) is 5.91 Å². The van der Waals surface area contributed by atoms with Gasteiger partial charge in [-0.15, -0.1) is 0 Å². The van der Waals surface area contributed by atoms with Crippen molar-refractivity contribution in [2.24, 2.45) is 0 Å². The smallest absolute Gasteiger partial charge is 0.251 e. The molecule has 0 aromatic heterocycles. The molecule has 1 N–H and O–H groups in total. The Kier molecular flexibility index (Phi) is 5.16. The lowest BCUT2D eigenvalue weighted by Crippen LogP contribution is -2.36. The third-order valence-corrected chi connectivity index (χ3v) is 2.86. The molecular weight excluding hydrogens is 186 g/mol. The van der Waals surface area contributed by atoms with Crippen LogP contribution in [0.5, 0.6) is 0 Å². The Morgan fingerprint density at radius 2 is 1.87 bits per heavy atom. The Morgan fingerprint density at radius 3 is 2.40 bits per heavy atom. The fourth-order valence-corrected chi connectivity index (χ4v) is 2.00. The monoisotopic (exact) mass is 207 g/mol. The molecule has 1 aliphatic rings. The molecule has 15 heavy (non-hydrogen) atoms. The zero-order valence-electron chi connectivity index (χ0n) is 9.75. The first kappa shape index (κ1) is 12.0. The van der Waals surface area contributed by atoms with Crippen molar-refractivity contribution >= 4 is 5.91 Å². The van der Waals surface area contributed by atoms with Crippen molar-refractivity contribution in [3.05, 3.63) is 23.8 Å². The first-order valence-corrected chi connectivity index (χ1v) is 5.87. The molecular formula is C13H21NO. The maximum atomic E-state index is 11.8. The molecule has 0 spiro atoms. The summed E-state index contributed by atoms with van der Waals surface area (Å²) in [6.45, 7) is 3.83. The summed E-state index contributed by atoms with van der Waals surface area (Å²) >= 11 is 0. The summed E-state index contributed by atoms with van der Waals surface area (Å²) in [4.78, 5) is 11.8. The number of carbonyl (C=O) groups is 1. The van der Waals surface area contributed by atoms with Crippen LogP contribution in [0.15, 0.2) is 23.8 Å². The lowest BCUT2D eigenvalue weighted by atomic mass is 9.95. The molecule has 84 valence electrons. The second-order valence-electron chi connectivity index (χ2n) is 4.05. The zero-order valence-corrected chi connectivity index (χ0v) is 9.75. The van der Waals surface area contributed by atoms with Crippen LogP contribution >= 0.6 is 0 Å². The average molecular weight is 207 g/mol. The fraction of sp³-hybridized carbons (Fsp3) is 0.615. The molecule has 0 atom stereocenters. The Labute approximate surface area is 92.4 Å². The summed E-state index contributed by atoms with van der Waals surface area (Å²) in [6, 6.07) is 0.395. The van der Waals surface area contributed by atoms with Crippen LogP contribution in [0, 0.1) is 0 Å². The maximum absolute atomic E-state index is 11.8. The van der Waals surface area contributed by atoms with E-state index in [1.165, 1.54) is 19.3 Å². The van der Waals surface area contributed by atoms with Crippen LogP contribution < -0.4 is 5.32 Å². The highest BCUT2D eigenvalue weighted by molar-refractivity contribution is 5.96. The Morgan fingerprint density at radius 1 is 1.20 bits per heavy atom. The fourth-order valence-electron chi connectivity index (χ4n) is 2.00. The van der Waals surface area contributed by atoms with Gasteiger partial charge in [0.15, 0.2) is 0 Å². The third kappa shape index (κ3) is 3.90.